The summed E-state index contributed by atoms with van der Waals surface area (Å²) in [5.41, 5.74) is 0.783. The summed E-state index contributed by atoms with van der Waals surface area (Å²) in [6, 6.07) is 3.73. The van der Waals surface area contributed by atoms with E-state index in [1.54, 1.807) is 13.2 Å². The molecule has 1 aromatic heterocycles. The lowest BCUT2D eigenvalue weighted by Gasteiger charge is -2.06. The first-order valence-electron chi connectivity index (χ1n) is 4.20. The average Bonchev–Trinajstić information content (AvgIpc) is 2.48. The Hall–Kier alpha value is -1.10. The van der Waals surface area contributed by atoms with Gasteiger partial charge < -0.3 is 9.64 Å². The molecular formula is C9H9BrN2O2. The van der Waals surface area contributed by atoms with E-state index in [1.165, 1.54) is 4.90 Å². The van der Waals surface area contributed by atoms with E-state index >= 15 is 0 Å². The molecule has 5 heteroatoms. The van der Waals surface area contributed by atoms with Crippen LogP contribution in [0, 0.1) is 0 Å². The largest absolute Gasteiger partial charge is 0.438 e. The second-order valence-electron chi connectivity index (χ2n) is 3.15. The van der Waals surface area contributed by atoms with Crippen molar-refractivity contribution in [3.8, 4) is 0 Å². The predicted octanol–water partition coefficient (Wildman–Crippen LogP) is 1.97. The molecule has 1 aliphatic heterocycles. The molecule has 1 aliphatic rings. The number of carbonyl (C=O) groups excluding carboxylic acids is 1. The molecule has 0 bridgehead atoms. The second kappa shape index (κ2) is 3.57. The number of cyclic esters (lactones) is 1. The zero-order chi connectivity index (χ0) is 10.1. The minimum Gasteiger partial charge on any atom is -0.438 e. The highest BCUT2D eigenvalue weighted by Crippen LogP contribution is 2.23. The summed E-state index contributed by atoms with van der Waals surface area (Å²) in [6.07, 6.45) is 1.17. The quantitative estimate of drug-likeness (QED) is 0.772. The lowest BCUT2D eigenvalue weighted by molar-refractivity contribution is 0.133. The van der Waals surface area contributed by atoms with Crippen LogP contribution in [0.1, 0.15) is 11.8 Å². The van der Waals surface area contributed by atoms with E-state index < -0.39 is 0 Å². The van der Waals surface area contributed by atoms with Crippen LogP contribution in [-0.2, 0) is 4.74 Å². The molecule has 0 aliphatic carbocycles. The molecule has 1 saturated heterocycles. The summed E-state index contributed by atoms with van der Waals surface area (Å²) < 4.78 is 6.02. The fraction of sp³-hybridized carbons (Fsp3) is 0.333. The fourth-order valence-electron chi connectivity index (χ4n) is 1.30. The maximum absolute atomic E-state index is 11.1. The Labute approximate surface area is 90.0 Å². The van der Waals surface area contributed by atoms with Crippen molar-refractivity contribution in [2.24, 2.45) is 0 Å². The molecule has 0 radical (unpaired) electrons. The van der Waals surface area contributed by atoms with Gasteiger partial charge in [0.2, 0.25) is 0 Å². The summed E-state index contributed by atoms with van der Waals surface area (Å²) >= 11 is 3.30. The number of ether oxygens (including phenoxy) is 1. The van der Waals surface area contributed by atoms with Gasteiger partial charge in [-0.1, -0.05) is 0 Å². The molecule has 74 valence electrons. The molecule has 1 atom stereocenters. The maximum Gasteiger partial charge on any atom is 0.410 e. The molecular weight excluding hydrogens is 248 g/mol. The van der Waals surface area contributed by atoms with Gasteiger partial charge in [0.25, 0.3) is 0 Å². The topological polar surface area (TPSA) is 42.4 Å². The number of rotatable bonds is 1. The molecule has 1 aromatic rings. The van der Waals surface area contributed by atoms with Crippen molar-refractivity contribution in [1.82, 2.24) is 9.88 Å². The molecule has 2 heterocycles. The minimum atomic E-state index is -0.292. The Kier molecular flexibility index (Phi) is 2.41. The van der Waals surface area contributed by atoms with E-state index in [9.17, 15) is 4.79 Å². The van der Waals surface area contributed by atoms with Crippen LogP contribution in [0.4, 0.5) is 4.79 Å². The van der Waals surface area contributed by atoms with E-state index in [1.807, 2.05) is 12.1 Å². The van der Waals surface area contributed by atoms with E-state index in [2.05, 4.69) is 20.9 Å². The summed E-state index contributed by atoms with van der Waals surface area (Å²) in [6.45, 7) is 0.563. The van der Waals surface area contributed by atoms with Crippen molar-refractivity contribution in [3.63, 3.8) is 0 Å². The molecule has 0 spiro atoms. The highest BCUT2D eigenvalue weighted by Gasteiger charge is 2.30. The lowest BCUT2D eigenvalue weighted by Crippen LogP contribution is -2.17. The van der Waals surface area contributed by atoms with Gasteiger partial charge in [0.15, 0.2) is 6.10 Å². The molecule has 1 amide bonds. The van der Waals surface area contributed by atoms with Crippen LogP contribution in [-0.4, -0.2) is 29.6 Å². The van der Waals surface area contributed by atoms with E-state index in [0.29, 0.717) is 6.54 Å². The number of aromatic nitrogens is 1. The predicted molar refractivity (Wildman–Crippen MR) is 53.8 cm³/mol. The van der Waals surface area contributed by atoms with Crippen molar-refractivity contribution in [2.45, 2.75) is 6.10 Å². The molecule has 1 fully saturated rings. The Morgan fingerprint density at radius 1 is 1.64 bits per heavy atom. The Morgan fingerprint density at radius 2 is 2.43 bits per heavy atom. The summed E-state index contributed by atoms with van der Waals surface area (Å²) in [5, 5.41) is 0. The third-order valence-corrected chi connectivity index (χ3v) is 2.54. The molecule has 0 saturated carbocycles. The van der Waals surface area contributed by atoms with Gasteiger partial charge in [-0.25, -0.2) is 4.79 Å². The first-order valence-corrected chi connectivity index (χ1v) is 4.99. The van der Waals surface area contributed by atoms with E-state index in [-0.39, 0.29) is 12.2 Å². The third kappa shape index (κ3) is 1.72. The lowest BCUT2D eigenvalue weighted by atomic mass is 10.2. The van der Waals surface area contributed by atoms with Gasteiger partial charge in [-0.05, 0) is 28.1 Å². The van der Waals surface area contributed by atoms with Gasteiger partial charge in [-0.2, -0.15) is 0 Å². The number of nitrogens with zero attached hydrogens (tertiary/aromatic N) is 2. The molecule has 0 aromatic carbocycles. The van der Waals surface area contributed by atoms with Crippen LogP contribution in [0.25, 0.3) is 0 Å². The van der Waals surface area contributed by atoms with Crippen molar-refractivity contribution in [1.29, 1.82) is 0 Å². The number of hydrogen-bond donors (Lipinski definition) is 0. The van der Waals surface area contributed by atoms with Gasteiger partial charge in [-0.3, -0.25) is 4.98 Å². The average molecular weight is 257 g/mol. The van der Waals surface area contributed by atoms with Crippen LogP contribution < -0.4 is 0 Å². The fourth-order valence-corrected chi connectivity index (χ4v) is 1.54. The highest BCUT2D eigenvalue weighted by atomic mass is 79.9. The molecule has 14 heavy (non-hydrogen) atoms. The van der Waals surface area contributed by atoms with Crippen LogP contribution >= 0.6 is 15.9 Å². The smallest absolute Gasteiger partial charge is 0.410 e. The van der Waals surface area contributed by atoms with Crippen LogP contribution in [0.15, 0.2) is 22.8 Å². The van der Waals surface area contributed by atoms with Crippen LogP contribution in [0.5, 0.6) is 0 Å². The van der Waals surface area contributed by atoms with Crippen molar-refractivity contribution in [2.75, 3.05) is 13.6 Å². The van der Waals surface area contributed by atoms with Crippen LogP contribution in [0.2, 0.25) is 0 Å². The van der Waals surface area contributed by atoms with Gasteiger partial charge in [0, 0.05) is 17.7 Å². The van der Waals surface area contributed by atoms with Gasteiger partial charge in [0.1, 0.15) is 0 Å². The molecule has 0 unspecified atom stereocenters. The highest BCUT2D eigenvalue weighted by molar-refractivity contribution is 9.10. The summed E-state index contributed by atoms with van der Waals surface area (Å²) in [5.74, 6) is 0. The number of carbonyl (C=O) groups is 1. The van der Waals surface area contributed by atoms with E-state index in [0.717, 1.165) is 10.2 Å². The SMILES string of the molecule is CN1C[C@@H](c2ccc(Br)cn2)OC1=O. The van der Waals surface area contributed by atoms with E-state index in [4.69, 9.17) is 4.74 Å². The third-order valence-electron chi connectivity index (χ3n) is 2.07. The Morgan fingerprint density at radius 3 is 2.93 bits per heavy atom. The standard InChI is InChI=1S/C9H9BrN2O2/c1-12-5-8(14-9(12)13)7-3-2-6(10)4-11-7/h2-4,8H,5H2,1H3/t8-/m0/s1. The summed E-state index contributed by atoms with van der Waals surface area (Å²) in [4.78, 5) is 16.8. The van der Waals surface area contributed by atoms with Gasteiger partial charge >= 0.3 is 6.09 Å². The molecule has 0 N–H and O–H groups in total. The monoisotopic (exact) mass is 256 g/mol. The first kappa shape index (κ1) is 9.45. The minimum absolute atomic E-state index is 0.236. The van der Waals surface area contributed by atoms with Crippen molar-refractivity contribution >= 4 is 22.0 Å². The normalized spacial score (nSPS) is 21.1. The summed E-state index contributed by atoms with van der Waals surface area (Å²) in [7, 11) is 1.71. The number of halogens is 1. The zero-order valence-corrected chi connectivity index (χ0v) is 9.19. The molecule has 4 nitrogen and oxygen atoms in total. The number of pyridine rings is 1. The van der Waals surface area contributed by atoms with Crippen LogP contribution in [0.3, 0.4) is 0 Å². The Balaban J connectivity index is 2.17. The maximum atomic E-state index is 11.1. The van der Waals surface area contributed by atoms with Crippen molar-refractivity contribution in [3.05, 3.63) is 28.5 Å². The number of amides is 1. The Bertz CT molecular complexity index is 352. The van der Waals surface area contributed by atoms with Gasteiger partial charge in [0.05, 0.1) is 12.2 Å². The van der Waals surface area contributed by atoms with Gasteiger partial charge in [-0.15, -0.1) is 0 Å². The van der Waals surface area contributed by atoms with Crippen molar-refractivity contribution < 1.29 is 9.53 Å². The first-order chi connectivity index (χ1) is 6.66. The molecule has 2 rings (SSSR count). The number of likely N-dealkylation sites (N-methyl/N-ethyl adjacent to an activating group) is 1. The second-order valence-corrected chi connectivity index (χ2v) is 4.07. The number of hydrogen-bond acceptors (Lipinski definition) is 3. The zero-order valence-electron chi connectivity index (χ0n) is 7.61.